The molecule has 0 bridgehead atoms. The van der Waals surface area contributed by atoms with E-state index in [2.05, 4.69) is 43.2 Å². The average Bonchev–Trinajstić information content (AvgIpc) is 3.46. The van der Waals surface area contributed by atoms with Crippen LogP contribution >= 0.6 is 0 Å². The molecule has 1 unspecified atom stereocenters. The van der Waals surface area contributed by atoms with Gasteiger partial charge in [-0.1, -0.05) is 27.7 Å². The van der Waals surface area contributed by atoms with Crippen molar-refractivity contribution < 1.29 is 24.2 Å². The number of β-amino-alcohol motifs (C(OH)–C–C–N with tert-alkyl or cyclic N) is 1. The highest BCUT2D eigenvalue weighted by Gasteiger charge is 2.71. The second-order valence-corrected chi connectivity index (χ2v) is 16.8. The lowest BCUT2D eigenvalue weighted by Gasteiger charge is -2.60. The van der Waals surface area contributed by atoms with Gasteiger partial charge in [-0.2, -0.15) is 0 Å². The number of nitrogens with one attached hydrogen (secondary N) is 2. The van der Waals surface area contributed by atoms with Crippen LogP contribution in [-0.4, -0.2) is 96.3 Å². The largest absolute Gasteiger partial charge is 0.395 e. The molecule has 3 saturated heterocycles. The first-order valence-electron chi connectivity index (χ1n) is 18.3. The number of ketones is 1. The van der Waals surface area contributed by atoms with E-state index in [1.165, 1.54) is 12.8 Å². The number of hydrogen-bond acceptors (Lipinski definition) is 7. The second kappa shape index (κ2) is 11.9. The average molecular weight is 627 g/mol. The summed E-state index contributed by atoms with van der Waals surface area (Å²) in [6.07, 6.45) is 9.32. The zero-order valence-corrected chi connectivity index (χ0v) is 28.2. The lowest BCUT2D eigenvalue weighted by atomic mass is 9.44. The van der Waals surface area contributed by atoms with Crippen LogP contribution in [0.25, 0.3) is 0 Å². The number of carbonyl (C=O) groups excluding carboxylic acids is 3. The lowest BCUT2D eigenvalue weighted by molar-refractivity contribution is -0.160. The predicted octanol–water partition coefficient (Wildman–Crippen LogP) is 3.20. The summed E-state index contributed by atoms with van der Waals surface area (Å²) in [4.78, 5) is 44.2. The molecule has 2 amide bonds. The fourth-order valence-corrected chi connectivity index (χ4v) is 12.2. The van der Waals surface area contributed by atoms with E-state index in [1.807, 2.05) is 0 Å². The molecule has 7 fully saturated rings. The Morgan fingerprint density at radius 2 is 1.80 bits per heavy atom. The molecule has 1 spiro atoms. The van der Waals surface area contributed by atoms with Gasteiger partial charge in [0.05, 0.1) is 12.7 Å². The Labute approximate surface area is 269 Å². The number of piperazine rings is 1. The molecule has 4 aliphatic carbocycles. The number of Topliss-reactive ketones (excluding diaryl/α,β-unsaturated/α-hetero) is 1. The molecule has 4 saturated carbocycles. The summed E-state index contributed by atoms with van der Waals surface area (Å²) in [6, 6.07) is 0.105. The van der Waals surface area contributed by atoms with Crippen molar-refractivity contribution in [2.75, 3.05) is 45.9 Å². The van der Waals surface area contributed by atoms with Gasteiger partial charge in [-0.05, 0) is 86.4 Å². The van der Waals surface area contributed by atoms with Gasteiger partial charge in [-0.3, -0.25) is 24.6 Å². The normalized spacial score (nSPS) is 48.0. The Morgan fingerprint density at radius 3 is 2.51 bits per heavy atom. The molecule has 45 heavy (non-hydrogen) atoms. The zero-order chi connectivity index (χ0) is 31.7. The van der Waals surface area contributed by atoms with Gasteiger partial charge >= 0.3 is 0 Å². The number of piperidine rings is 1. The summed E-state index contributed by atoms with van der Waals surface area (Å²) in [5, 5.41) is 16.2. The molecule has 3 heterocycles. The summed E-state index contributed by atoms with van der Waals surface area (Å²) < 4.78 is 6.98. The van der Waals surface area contributed by atoms with Crippen LogP contribution in [0.3, 0.4) is 0 Å². The summed E-state index contributed by atoms with van der Waals surface area (Å²) >= 11 is 0. The highest BCUT2D eigenvalue weighted by Crippen LogP contribution is 2.70. The minimum absolute atomic E-state index is 0.0867. The molecule has 12 atom stereocenters. The Balaban J connectivity index is 0.967. The smallest absolute Gasteiger partial charge is 0.232 e. The fourth-order valence-electron chi connectivity index (χ4n) is 12.2. The van der Waals surface area contributed by atoms with Gasteiger partial charge in [0.25, 0.3) is 0 Å². The molecule has 252 valence electrons. The molecular formula is C36H58N4O5. The van der Waals surface area contributed by atoms with Crippen LogP contribution in [0.4, 0.5) is 0 Å². The molecule has 9 nitrogen and oxygen atoms in total. The first-order chi connectivity index (χ1) is 21.5. The van der Waals surface area contributed by atoms with Gasteiger partial charge in [0, 0.05) is 69.0 Å². The number of hydrogen-bond donors (Lipinski definition) is 3. The van der Waals surface area contributed by atoms with Crippen molar-refractivity contribution in [2.45, 2.75) is 110 Å². The van der Waals surface area contributed by atoms with E-state index in [4.69, 9.17) is 9.84 Å². The molecule has 7 aliphatic rings. The Hall–Kier alpha value is -1.55. The van der Waals surface area contributed by atoms with Crippen molar-refractivity contribution in [1.82, 2.24) is 20.4 Å². The van der Waals surface area contributed by atoms with Gasteiger partial charge in [-0.25, -0.2) is 0 Å². The number of nitrogens with zero attached hydrogens (tertiary/aromatic N) is 2. The van der Waals surface area contributed by atoms with Crippen LogP contribution in [0.1, 0.15) is 91.9 Å². The van der Waals surface area contributed by atoms with E-state index >= 15 is 0 Å². The molecule has 3 aliphatic heterocycles. The van der Waals surface area contributed by atoms with E-state index in [9.17, 15) is 14.4 Å². The Kier molecular flexibility index (Phi) is 8.43. The van der Waals surface area contributed by atoms with Crippen LogP contribution in [-0.2, 0) is 19.1 Å². The van der Waals surface area contributed by atoms with Gasteiger partial charge < -0.3 is 20.1 Å². The van der Waals surface area contributed by atoms with Crippen molar-refractivity contribution in [3.8, 4) is 0 Å². The first-order valence-corrected chi connectivity index (χ1v) is 18.3. The van der Waals surface area contributed by atoms with E-state index in [-0.39, 0.29) is 53.5 Å². The van der Waals surface area contributed by atoms with Crippen molar-refractivity contribution >= 4 is 17.6 Å². The van der Waals surface area contributed by atoms with Gasteiger partial charge in [0.1, 0.15) is 17.9 Å². The summed E-state index contributed by atoms with van der Waals surface area (Å²) in [5.74, 6) is 3.47. The van der Waals surface area contributed by atoms with Gasteiger partial charge in [0.15, 0.2) is 0 Å². The van der Waals surface area contributed by atoms with Gasteiger partial charge in [-0.15, -0.1) is 0 Å². The Morgan fingerprint density at radius 1 is 1.02 bits per heavy atom. The van der Waals surface area contributed by atoms with Crippen molar-refractivity contribution in [3.63, 3.8) is 0 Å². The first kappa shape index (κ1) is 32.0. The third-order valence-corrected chi connectivity index (χ3v) is 14.8. The number of aliphatic hydroxyl groups is 1. The lowest BCUT2D eigenvalue weighted by Crippen LogP contribution is -2.60. The van der Waals surface area contributed by atoms with Crippen LogP contribution in [0.15, 0.2) is 0 Å². The predicted molar refractivity (Wildman–Crippen MR) is 171 cm³/mol. The number of fused-ring (bicyclic) bond motifs is 7. The number of rotatable bonds is 5. The maximum Gasteiger partial charge on any atom is 0.232 e. The molecule has 0 aromatic rings. The standard InChI is InChI=1S/C36H58N4O5/c1-22-7-10-36(37-21-22)23(2)33-29(45-36)18-28-26-6-5-24-17-25(8-9-34(24,3)27(26)19-30(42)35(28,33)4)38-31(43)20-32(44)40-13-11-39(12-14-40)15-16-41/h22-29,33,37,41H,5-21H2,1-4H3,(H,38,43)/t22-,23-,24+,25?,26+,27-,28-,29-,33-,34-,35+,36+/m0/s1. The molecule has 7 rings (SSSR count). The van der Waals surface area contributed by atoms with Crippen molar-refractivity contribution in [3.05, 3.63) is 0 Å². The molecule has 0 aromatic heterocycles. The summed E-state index contributed by atoms with van der Waals surface area (Å²) in [7, 11) is 0. The molecule has 3 N–H and O–H groups in total. The number of ether oxygens (including phenoxy) is 1. The number of carbonyl (C=O) groups is 3. The highest BCUT2D eigenvalue weighted by atomic mass is 16.5. The van der Waals surface area contributed by atoms with E-state index < -0.39 is 0 Å². The minimum Gasteiger partial charge on any atom is -0.395 e. The summed E-state index contributed by atoms with van der Waals surface area (Å²) in [5.41, 5.74) is -0.414. The summed E-state index contributed by atoms with van der Waals surface area (Å²) in [6.45, 7) is 13.9. The Bertz CT molecular complexity index is 1160. The topological polar surface area (TPSA) is 111 Å². The quantitative estimate of drug-likeness (QED) is 0.402. The zero-order valence-electron chi connectivity index (χ0n) is 28.2. The second-order valence-electron chi connectivity index (χ2n) is 16.8. The molecule has 0 radical (unpaired) electrons. The van der Waals surface area contributed by atoms with Gasteiger partial charge in [0.2, 0.25) is 11.8 Å². The molecular weight excluding hydrogens is 568 g/mol. The van der Waals surface area contributed by atoms with Crippen molar-refractivity contribution in [2.24, 2.45) is 52.3 Å². The van der Waals surface area contributed by atoms with Crippen LogP contribution < -0.4 is 10.6 Å². The highest BCUT2D eigenvalue weighted by molar-refractivity contribution is 5.97. The third kappa shape index (κ3) is 5.21. The number of aliphatic hydroxyl groups excluding tert-OH is 1. The van der Waals surface area contributed by atoms with E-state index in [1.54, 1.807) is 4.90 Å². The minimum atomic E-state index is -0.286. The van der Waals surface area contributed by atoms with Crippen molar-refractivity contribution in [1.29, 1.82) is 0 Å². The number of amides is 2. The van der Waals surface area contributed by atoms with Crippen LogP contribution in [0.5, 0.6) is 0 Å². The van der Waals surface area contributed by atoms with E-state index in [0.717, 1.165) is 58.2 Å². The maximum atomic E-state index is 14.4. The van der Waals surface area contributed by atoms with E-state index in [0.29, 0.717) is 73.3 Å². The third-order valence-electron chi connectivity index (χ3n) is 14.8. The van der Waals surface area contributed by atoms with Crippen LogP contribution in [0, 0.1) is 52.3 Å². The molecule has 9 heteroatoms. The monoisotopic (exact) mass is 626 g/mol. The SMILES string of the molecule is C[C@H]1CC[C@@]2(NC1)O[C@H]1C[C@H]3[C@@H]4CC[C@@H]5CC(NC(=O)CC(=O)N6CCN(CCO)CC6)CC[C@]5(C)[C@H]4CC(=O)[C@]3(C)[C@H]1[C@@H]2C. The molecule has 0 aromatic carbocycles. The maximum absolute atomic E-state index is 14.4. The fraction of sp³-hybridized carbons (Fsp3) is 0.917. The van der Waals surface area contributed by atoms with Crippen LogP contribution in [0.2, 0.25) is 0 Å².